The van der Waals surface area contributed by atoms with Gasteiger partial charge in [0.2, 0.25) is 11.8 Å². The lowest BCUT2D eigenvalue weighted by Gasteiger charge is -2.10. The molecule has 1 aromatic rings. The van der Waals surface area contributed by atoms with E-state index in [4.69, 9.17) is 9.52 Å². The van der Waals surface area contributed by atoms with Gasteiger partial charge < -0.3 is 9.52 Å². The molecule has 1 fully saturated rings. The topological polar surface area (TPSA) is 70.8 Å². The number of hydrogen-bond donors (Lipinski definition) is 1. The maximum atomic E-state index is 11.3. The van der Waals surface area contributed by atoms with Crippen molar-refractivity contribution in [3.05, 3.63) is 23.7 Å². The fraction of sp³-hybridized carbons (Fsp3) is 0.400. The molecule has 0 atom stereocenters. The number of carbonyl (C=O) groups excluding carboxylic acids is 2. The maximum Gasteiger partial charge on any atom is 0.230 e. The van der Waals surface area contributed by atoms with Gasteiger partial charge in [-0.3, -0.25) is 14.5 Å². The van der Waals surface area contributed by atoms with E-state index in [0.29, 0.717) is 11.5 Å². The van der Waals surface area contributed by atoms with Crippen molar-refractivity contribution in [2.75, 3.05) is 0 Å². The molecule has 1 aliphatic heterocycles. The van der Waals surface area contributed by atoms with Crippen molar-refractivity contribution in [1.29, 1.82) is 0 Å². The third-order valence-corrected chi connectivity index (χ3v) is 2.34. The van der Waals surface area contributed by atoms with Gasteiger partial charge in [0.15, 0.2) is 0 Å². The number of amides is 2. The average Bonchev–Trinajstić information content (AvgIpc) is 2.80. The molecule has 0 saturated carbocycles. The molecule has 1 saturated heterocycles. The molecular formula is C10H11NO4. The molecule has 2 amide bonds. The molecule has 5 nitrogen and oxygen atoms in total. The summed E-state index contributed by atoms with van der Waals surface area (Å²) in [6, 6.07) is 3.28. The van der Waals surface area contributed by atoms with E-state index in [2.05, 4.69) is 0 Å². The zero-order valence-electron chi connectivity index (χ0n) is 8.10. The zero-order chi connectivity index (χ0) is 10.8. The van der Waals surface area contributed by atoms with E-state index < -0.39 is 0 Å². The summed E-state index contributed by atoms with van der Waals surface area (Å²) in [5, 5.41) is 8.77. The van der Waals surface area contributed by atoms with Crippen molar-refractivity contribution in [2.24, 2.45) is 0 Å². The first-order chi connectivity index (χ1) is 7.20. The van der Waals surface area contributed by atoms with Crippen LogP contribution in [0.1, 0.15) is 24.4 Å². The predicted octanol–water partition coefficient (Wildman–Crippen LogP) is 0.421. The van der Waals surface area contributed by atoms with Crippen molar-refractivity contribution in [2.45, 2.75) is 26.0 Å². The number of aliphatic hydroxyl groups excluding tert-OH is 1. The fourth-order valence-corrected chi connectivity index (χ4v) is 1.55. The van der Waals surface area contributed by atoms with E-state index in [1.807, 2.05) is 0 Å². The van der Waals surface area contributed by atoms with Crippen molar-refractivity contribution in [3.8, 4) is 0 Å². The van der Waals surface area contributed by atoms with E-state index in [1.54, 1.807) is 12.1 Å². The number of carbonyl (C=O) groups is 2. The van der Waals surface area contributed by atoms with Crippen LogP contribution in [0.4, 0.5) is 0 Å². The van der Waals surface area contributed by atoms with Gasteiger partial charge in [0.25, 0.3) is 0 Å². The van der Waals surface area contributed by atoms with E-state index in [1.165, 1.54) is 4.90 Å². The highest BCUT2D eigenvalue weighted by molar-refractivity contribution is 6.01. The lowest BCUT2D eigenvalue weighted by atomic mass is 10.4. The van der Waals surface area contributed by atoms with Crippen LogP contribution < -0.4 is 0 Å². The van der Waals surface area contributed by atoms with Gasteiger partial charge in [0, 0.05) is 12.8 Å². The Morgan fingerprint density at radius 1 is 1.20 bits per heavy atom. The first-order valence-electron chi connectivity index (χ1n) is 4.72. The molecular weight excluding hydrogens is 198 g/mol. The number of imide groups is 1. The molecule has 2 heterocycles. The Hall–Kier alpha value is -1.62. The third kappa shape index (κ3) is 1.92. The summed E-state index contributed by atoms with van der Waals surface area (Å²) in [6.45, 7) is -0.0143. The predicted molar refractivity (Wildman–Crippen MR) is 49.4 cm³/mol. The molecule has 0 bridgehead atoms. The third-order valence-electron chi connectivity index (χ3n) is 2.34. The van der Waals surface area contributed by atoms with Crippen molar-refractivity contribution < 1.29 is 19.1 Å². The molecule has 0 unspecified atom stereocenters. The fourth-order valence-electron chi connectivity index (χ4n) is 1.55. The highest BCUT2D eigenvalue weighted by Gasteiger charge is 2.29. The van der Waals surface area contributed by atoms with Crippen molar-refractivity contribution in [3.63, 3.8) is 0 Å². The Bertz CT molecular complexity index is 380. The average molecular weight is 209 g/mol. The maximum absolute atomic E-state index is 11.3. The van der Waals surface area contributed by atoms with E-state index in [9.17, 15) is 9.59 Å². The van der Waals surface area contributed by atoms with Crippen LogP contribution in [-0.2, 0) is 22.7 Å². The molecule has 1 N–H and O–H groups in total. The van der Waals surface area contributed by atoms with Crippen molar-refractivity contribution in [1.82, 2.24) is 4.90 Å². The van der Waals surface area contributed by atoms with Gasteiger partial charge in [-0.1, -0.05) is 0 Å². The monoisotopic (exact) mass is 209 g/mol. The summed E-state index contributed by atoms with van der Waals surface area (Å²) in [7, 11) is 0. The first-order valence-corrected chi connectivity index (χ1v) is 4.72. The molecule has 1 aromatic heterocycles. The Kier molecular flexibility index (Phi) is 2.55. The van der Waals surface area contributed by atoms with Gasteiger partial charge in [0.1, 0.15) is 18.1 Å². The molecule has 80 valence electrons. The molecule has 1 aliphatic rings. The number of furan rings is 1. The van der Waals surface area contributed by atoms with Crippen LogP contribution in [0.2, 0.25) is 0 Å². The van der Waals surface area contributed by atoms with Gasteiger partial charge in [-0.05, 0) is 12.1 Å². The lowest BCUT2D eigenvalue weighted by Crippen LogP contribution is -2.28. The van der Waals surface area contributed by atoms with Crippen LogP contribution in [0.5, 0.6) is 0 Å². The van der Waals surface area contributed by atoms with Gasteiger partial charge in [0.05, 0.1) is 6.54 Å². The summed E-state index contributed by atoms with van der Waals surface area (Å²) < 4.78 is 5.20. The first kappa shape index (κ1) is 9.92. The minimum absolute atomic E-state index is 0.164. The van der Waals surface area contributed by atoms with Crippen LogP contribution in [0.25, 0.3) is 0 Å². The smallest absolute Gasteiger partial charge is 0.230 e. The number of nitrogens with zero attached hydrogens (tertiary/aromatic N) is 1. The zero-order valence-corrected chi connectivity index (χ0v) is 8.10. The largest absolute Gasteiger partial charge is 0.462 e. The second-order valence-electron chi connectivity index (χ2n) is 3.40. The summed E-state index contributed by atoms with van der Waals surface area (Å²) in [5.41, 5.74) is 0. The summed E-state index contributed by atoms with van der Waals surface area (Å²) in [6.07, 6.45) is 0.568. The number of hydrogen-bond acceptors (Lipinski definition) is 4. The lowest BCUT2D eigenvalue weighted by molar-refractivity contribution is -0.139. The Morgan fingerprint density at radius 2 is 1.80 bits per heavy atom. The van der Waals surface area contributed by atoms with Crippen LogP contribution in [0, 0.1) is 0 Å². The second kappa shape index (κ2) is 3.86. The minimum atomic E-state index is -0.179. The molecule has 2 rings (SSSR count). The van der Waals surface area contributed by atoms with Crippen LogP contribution >= 0.6 is 0 Å². The summed E-state index contributed by atoms with van der Waals surface area (Å²) in [4.78, 5) is 23.7. The summed E-state index contributed by atoms with van der Waals surface area (Å²) in [5.74, 6) is 0.621. The van der Waals surface area contributed by atoms with E-state index in [0.717, 1.165) is 0 Å². The van der Waals surface area contributed by atoms with Crippen molar-refractivity contribution >= 4 is 11.8 Å². The Morgan fingerprint density at radius 3 is 2.33 bits per heavy atom. The molecule has 0 aliphatic carbocycles. The Balaban J connectivity index is 2.07. The van der Waals surface area contributed by atoms with Gasteiger partial charge in [-0.25, -0.2) is 0 Å². The van der Waals surface area contributed by atoms with E-state index in [-0.39, 0.29) is 37.8 Å². The number of likely N-dealkylation sites (tertiary alicyclic amines) is 1. The Labute approximate surface area is 86.3 Å². The second-order valence-corrected chi connectivity index (χ2v) is 3.40. The SMILES string of the molecule is O=C1CCC(=O)N1Cc1ccc(CO)o1. The highest BCUT2D eigenvalue weighted by atomic mass is 16.4. The van der Waals surface area contributed by atoms with Gasteiger partial charge in [-0.15, -0.1) is 0 Å². The highest BCUT2D eigenvalue weighted by Crippen LogP contribution is 2.17. The van der Waals surface area contributed by atoms with E-state index >= 15 is 0 Å². The number of rotatable bonds is 3. The molecule has 0 radical (unpaired) electrons. The molecule has 0 aromatic carbocycles. The van der Waals surface area contributed by atoms with Gasteiger partial charge in [-0.2, -0.15) is 0 Å². The van der Waals surface area contributed by atoms with Gasteiger partial charge >= 0.3 is 0 Å². The van der Waals surface area contributed by atoms with Crippen LogP contribution in [0.3, 0.4) is 0 Å². The molecule has 0 spiro atoms. The van der Waals surface area contributed by atoms with Crippen LogP contribution in [-0.4, -0.2) is 21.8 Å². The number of aliphatic hydroxyl groups is 1. The molecule has 5 heteroatoms. The standard InChI is InChI=1S/C10H11NO4/c12-6-8-2-1-7(15-8)5-11-9(13)3-4-10(11)14/h1-2,12H,3-6H2. The normalized spacial score (nSPS) is 16.5. The minimum Gasteiger partial charge on any atom is -0.462 e. The van der Waals surface area contributed by atoms with Crippen LogP contribution in [0.15, 0.2) is 16.5 Å². The quantitative estimate of drug-likeness (QED) is 0.732. The molecule has 15 heavy (non-hydrogen) atoms. The summed E-state index contributed by atoms with van der Waals surface area (Å²) >= 11 is 0.